The second-order valence-corrected chi connectivity index (χ2v) is 14.0. The first-order valence-electron chi connectivity index (χ1n) is 26.0. The minimum absolute atomic E-state index is 0.359. The molecule has 0 N–H and O–H groups in total. The Morgan fingerprint density at radius 1 is 0.441 bits per heavy atom. The van der Waals surface area contributed by atoms with E-state index < -0.39 is 0 Å². The van der Waals surface area contributed by atoms with E-state index in [-0.39, 0.29) is 0 Å². The number of aryl methyl sites for hydroxylation is 5. The fourth-order valence-corrected chi connectivity index (χ4v) is 7.95. The molecular weight excluding hydrogens is 829 g/mol. The van der Waals surface area contributed by atoms with Crippen molar-refractivity contribution in [2.24, 2.45) is 14.1 Å². The Morgan fingerprint density at radius 3 is 1.51 bits per heavy atom. The van der Waals surface area contributed by atoms with Gasteiger partial charge in [-0.2, -0.15) is 0 Å². The standard InChI is InChI=1S/C18H18N2.C17H15N2.C11H13N2.8C2H6/c1-12-7-6-10-16-14-8-4-5-9-15(14)17-11-19(3)13(2)20(17)18(12)16;1-12-6-5-9-15-13-7-3-4-8-14(13)16-10-11-18(2)19(16)17(12)15;1-10-6-3-4-7-11(10)13-9-5-8-12(13)2;8*1-2/h4-11,13H,1-3H3;3-11H,1-2H3;3-9H,1-2H3;8*1-2H3/q;2*+1;;;;;;;;/t13-;;;;;;;;;;/m0........../s1. The van der Waals surface area contributed by atoms with Gasteiger partial charge < -0.3 is 9.80 Å². The molecule has 370 valence electrons. The first-order chi connectivity index (χ1) is 33.2. The van der Waals surface area contributed by atoms with Crippen LogP contribution in [0.25, 0.3) is 49.7 Å². The number of rotatable bonds is 1. The zero-order valence-electron chi connectivity index (χ0n) is 47.1. The van der Waals surface area contributed by atoms with Crippen LogP contribution in [0.4, 0.5) is 5.69 Å². The van der Waals surface area contributed by atoms with Crippen LogP contribution >= 0.6 is 0 Å². The molecule has 5 aromatic carbocycles. The molecule has 0 amide bonds. The van der Waals surface area contributed by atoms with Crippen molar-refractivity contribution < 1.29 is 9.36 Å². The highest BCUT2D eigenvalue weighted by Crippen LogP contribution is 2.49. The normalized spacial score (nSPS) is 11.6. The Bertz CT molecular complexity index is 2640. The average Bonchev–Trinajstić information content (AvgIpc) is 4.12. The summed E-state index contributed by atoms with van der Waals surface area (Å²) in [6.45, 7) is 40.8. The summed E-state index contributed by atoms with van der Waals surface area (Å²) in [6, 6.07) is 43.1. The molecule has 0 unspecified atom stereocenters. The van der Waals surface area contributed by atoms with E-state index in [1.165, 1.54) is 77.6 Å². The average molecular weight is 923 g/mol. The molecule has 5 heterocycles. The Balaban J connectivity index is 0.000000874. The fraction of sp³-hybridized carbons (Fsp3) is 0.387. The number of anilines is 1. The van der Waals surface area contributed by atoms with E-state index in [1.54, 1.807) is 0 Å². The van der Waals surface area contributed by atoms with Gasteiger partial charge in [-0.15, -0.1) is 18.6 Å². The van der Waals surface area contributed by atoms with E-state index in [4.69, 9.17) is 0 Å². The van der Waals surface area contributed by atoms with Crippen molar-refractivity contribution in [1.82, 2.24) is 14.1 Å². The van der Waals surface area contributed by atoms with Crippen LogP contribution in [0.1, 0.15) is 140 Å². The molecule has 0 saturated heterocycles. The van der Waals surface area contributed by atoms with E-state index in [1.807, 2.05) is 130 Å². The van der Waals surface area contributed by atoms with Crippen molar-refractivity contribution in [1.29, 1.82) is 0 Å². The number of para-hydroxylation sites is 3. The molecule has 0 aliphatic carbocycles. The van der Waals surface area contributed by atoms with Gasteiger partial charge in [-0.1, -0.05) is 214 Å². The summed E-state index contributed by atoms with van der Waals surface area (Å²) >= 11 is 0. The van der Waals surface area contributed by atoms with Gasteiger partial charge in [-0.3, -0.25) is 0 Å². The second kappa shape index (κ2) is 33.4. The Morgan fingerprint density at radius 2 is 0.926 bits per heavy atom. The number of fused-ring (bicyclic) bond motifs is 12. The largest absolute Gasteiger partial charge is 0.358 e. The van der Waals surface area contributed by atoms with Gasteiger partial charge in [0.25, 0.3) is 0 Å². The lowest BCUT2D eigenvalue weighted by molar-refractivity contribution is -0.744. The predicted molar refractivity (Wildman–Crippen MR) is 305 cm³/mol. The third-order valence-electron chi connectivity index (χ3n) is 10.7. The number of hydrogen-bond acceptors (Lipinski definition) is 2. The number of pyridine rings is 1. The van der Waals surface area contributed by atoms with E-state index in [0.717, 1.165) is 0 Å². The topological polar surface area (TPSA) is 23.6 Å². The van der Waals surface area contributed by atoms with Gasteiger partial charge in [-0.05, 0) is 61.4 Å². The van der Waals surface area contributed by atoms with Gasteiger partial charge in [0.05, 0.1) is 17.6 Å². The summed E-state index contributed by atoms with van der Waals surface area (Å²) in [5, 5.41) is 3.95. The molecule has 2 aliphatic rings. The van der Waals surface area contributed by atoms with Crippen LogP contribution in [0, 0.1) is 20.8 Å². The molecule has 0 fully saturated rings. The van der Waals surface area contributed by atoms with Crippen LogP contribution < -0.4 is 14.3 Å². The molecule has 68 heavy (non-hydrogen) atoms. The van der Waals surface area contributed by atoms with Gasteiger partial charge in [-0.25, -0.2) is 0 Å². The maximum Gasteiger partial charge on any atom is 0.196 e. The highest BCUT2D eigenvalue weighted by atomic mass is 15.4. The molecule has 0 bridgehead atoms. The number of nitrogens with zero attached hydrogens (tertiary/aromatic N) is 6. The lowest BCUT2D eigenvalue weighted by atomic mass is 9.90. The quantitative estimate of drug-likeness (QED) is 0.121. The van der Waals surface area contributed by atoms with Crippen LogP contribution in [-0.4, -0.2) is 27.3 Å². The van der Waals surface area contributed by atoms with Gasteiger partial charge in [0.1, 0.15) is 22.9 Å². The van der Waals surface area contributed by atoms with Crippen molar-refractivity contribution in [3.8, 4) is 16.8 Å². The summed E-state index contributed by atoms with van der Waals surface area (Å²) in [5.41, 5.74) is 14.4. The minimum atomic E-state index is 0.359. The molecular formula is C62H94N6+2. The SMILES string of the molecule is CC.CC.CC.CC.CC.CC.CC.CC.Cc1cccc2c1N1C(=CN(C)[C@@H]1C)c1ccccc1-2.Cc1cccc2c3ccccc3c3cc[n+](C)n3c12.Cc1ccccc1-n1ccc[n+]1C. The highest BCUT2D eigenvalue weighted by Gasteiger charge is 2.35. The first kappa shape index (κ1) is 61.9. The molecule has 1 atom stereocenters. The van der Waals surface area contributed by atoms with E-state index in [2.05, 4.69) is 204 Å². The van der Waals surface area contributed by atoms with Gasteiger partial charge in [0.15, 0.2) is 26.5 Å². The lowest BCUT2D eigenvalue weighted by Gasteiger charge is -2.36. The summed E-state index contributed by atoms with van der Waals surface area (Å²) < 4.78 is 8.63. The maximum absolute atomic E-state index is 2.47. The zero-order chi connectivity index (χ0) is 52.1. The molecule has 0 saturated carbocycles. The van der Waals surface area contributed by atoms with E-state index in [0.29, 0.717) is 6.17 Å². The second-order valence-electron chi connectivity index (χ2n) is 14.0. The van der Waals surface area contributed by atoms with E-state index >= 15 is 0 Å². The summed E-state index contributed by atoms with van der Waals surface area (Å²) in [6.07, 6.45) is 8.83. The fourth-order valence-electron chi connectivity index (χ4n) is 7.95. The molecule has 2 aliphatic heterocycles. The van der Waals surface area contributed by atoms with Gasteiger partial charge in [0.2, 0.25) is 0 Å². The Labute approximate surface area is 416 Å². The third-order valence-corrected chi connectivity index (χ3v) is 10.7. The van der Waals surface area contributed by atoms with Gasteiger partial charge >= 0.3 is 0 Å². The molecule has 8 aromatic rings. The van der Waals surface area contributed by atoms with Crippen LogP contribution in [0.15, 0.2) is 146 Å². The monoisotopic (exact) mass is 923 g/mol. The molecule has 3 aromatic heterocycles. The third kappa shape index (κ3) is 14.0. The molecule has 0 spiro atoms. The van der Waals surface area contributed by atoms with Crippen LogP contribution in [0.5, 0.6) is 0 Å². The summed E-state index contributed by atoms with van der Waals surface area (Å²) in [5.74, 6) is 0. The van der Waals surface area contributed by atoms with Crippen molar-refractivity contribution in [3.05, 3.63) is 168 Å². The van der Waals surface area contributed by atoms with Crippen LogP contribution in [-0.2, 0) is 14.1 Å². The molecule has 0 radical (unpaired) electrons. The number of aromatic nitrogens is 4. The van der Waals surface area contributed by atoms with Crippen molar-refractivity contribution in [2.75, 3.05) is 11.9 Å². The van der Waals surface area contributed by atoms with Crippen LogP contribution in [0.2, 0.25) is 0 Å². The Hall–Kier alpha value is -6.14. The maximum atomic E-state index is 2.47. The zero-order valence-corrected chi connectivity index (χ0v) is 47.1. The van der Waals surface area contributed by atoms with Crippen molar-refractivity contribution in [2.45, 2.75) is 145 Å². The predicted octanol–water partition coefficient (Wildman–Crippen LogP) is 17.3. The van der Waals surface area contributed by atoms with Gasteiger partial charge in [0, 0.05) is 47.3 Å². The Kier molecular flexibility index (Phi) is 30.3. The van der Waals surface area contributed by atoms with E-state index in [9.17, 15) is 0 Å². The smallest absolute Gasteiger partial charge is 0.196 e. The number of benzene rings is 5. The molecule has 6 nitrogen and oxygen atoms in total. The highest BCUT2D eigenvalue weighted by molar-refractivity contribution is 6.12. The van der Waals surface area contributed by atoms with Crippen LogP contribution in [0.3, 0.4) is 0 Å². The number of hydrogen-bond donors (Lipinski definition) is 0. The lowest BCUT2D eigenvalue weighted by Crippen LogP contribution is -2.36. The summed E-state index contributed by atoms with van der Waals surface area (Å²) in [7, 11) is 6.27. The summed E-state index contributed by atoms with van der Waals surface area (Å²) in [4.78, 5) is 4.75. The molecule has 6 heteroatoms. The van der Waals surface area contributed by atoms with Crippen molar-refractivity contribution in [3.63, 3.8) is 0 Å². The molecule has 10 rings (SSSR count). The van der Waals surface area contributed by atoms with Crippen molar-refractivity contribution >= 4 is 38.6 Å². The minimum Gasteiger partial charge on any atom is -0.358 e. The first-order valence-corrected chi connectivity index (χ1v) is 26.0.